The Morgan fingerprint density at radius 1 is 1.19 bits per heavy atom. The Morgan fingerprint density at radius 3 is 2.59 bits per heavy atom. The van der Waals surface area contributed by atoms with Crippen molar-refractivity contribution in [1.82, 2.24) is 10.3 Å². The van der Waals surface area contributed by atoms with E-state index in [0.717, 1.165) is 39.4 Å². The lowest BCUT2D eigenvalue weighted by molar-refractivity contribution is -0.141. The Balaban J connectivity index is 1.88. The minimum absolute atomic E-state index is 0.0355. The van der Waals surface area contributed by atoms with Gasteiger partial charge in [0.05, 0.1) is 6.42 Å². The first-order chi connectivity index (χ1) is 12.8. The van der Waals surface area contributed by atoms with Crippen molar-refractivity contribution in [3.8, 4) is 0 Å². The van der Waals surface area contributed by atoms with E-state index in [1.165, 1.54) is 18.2 Å². The van der Waals surface area contributed by atoms with Crippen LogP contribution in [0, 0.1) is 26.6 Å². The Hall–Kier alpha value is -3.15. The number of H-pyrrole nitrogens is 1. The summed E-state index contributed by atoms with van der Waals surface area (Å²) in [5.74, 6) is -2.22. The van der Waals surface area contributed by atoms with Gasteiger partial charge in [0.1, 0.15) is 5.82 Å². The minimum atomic E-state index is -1.30. The lowest BCUT2D eigenvalue weighted by Crippen LogP contribution is -2.34. The zero-order chi connectivity index (χ0) is 19.7. The normalized spacial score (nSPS) is 12.1. The molecule has 3 aromatic rings. The number of amides is 1. The quantitative estimate of drug-likeness (QED) is 0.642. The molecule has 1 atom stereocenters. The Bertz CT molecular complexity index is 1040. The van der Waals surface area contributed by atoms with Gasteiger partial charge in [-0.15, -0.1) is 0 Å². The number of carboxylic acids is 1. The number of aliphatic carboxylic acids is 1. The number of benzene rings is 2. The van der Waals surface area contributed by atoms with Gasteiger partial charge in [-0.2, -0.15) is 0 Å². The van der Waals surface area contributed by atoms with Crippen molar-refractivity contribution in [3.05, 3.63) is 70.2 Å². The van der Waals surface area contributed by atoms with E-state index in [9.17, 15) is 19.1 Å². The van der Waals surface area contributed by atoms with Gasteiger partial charge in [-0.1, -0.05) is 23.8 Å². The highest BCUT2D eigenvalue weighted by atomic mass is 19.1. The maximum Gasteiger partial charge on any atom is 0.330 e. The first kappa shape index (κ1) is 18.6. The molecule has 0 fully saturated rings. The number of hydrogen-bond acceptors (Lipinski definition) is 2. The van der Waals surface area contributed by atoms with Crippen LogP contribution < -0.4 is 5.32 Å². The summed E-state index contributed by atoms with van der Waals surface area (Å²) in [6.07, 6.45) is 0.0355. The molecular formula is C21H21FN2O3. The predicted molar refractivity (Wildman–Crippen MR) is 101 cm³/mol. The second-order valence-electron chi connectivity index (χ2n) is 6.80. The molecular weight excluding hydrogens is 347 g/mol. The van der Waals surface area contributed by atoms with Crippen LogP contribution in [0.5, 0.6) is 0 Å². The van der Waals surface area contributed by atoms with Crippen molar-refractivity contribution in [1.29, 1.82) is 0 Å². The summed E-state index contributed by atoms with van der Waals surface area (Å²) in [6, 6.07) is 8.01. The molecule has 5 nitrogen and oxygen atoms in total. The molecule has 0 bridgehead atoms. The maximum absolute atomic E-state index is 13.4. The van der Waals surface area contributed by atoms with E-state index in [1.54, 1.807) is 0 Å². The topological polar surface area (TPSA) is 82.2 Å². The molecule has 0 aliphatic carbocycles. The molecule has 27 heavy (non-hydrogen) atoms. The Morgan fingerprint density at radius 2 is 1.93 bits per heavy atom. The predicted octanol–water partition coefficient (Wildman–Crippen LogP) is 3.72. The van der Waals surface area contributed by atoms with Gasteiger partial charge in [-0.25, -0.2) is 9.18 Å². The average Bonchev–Trinajstić information content (AvgIpc) is 2.89. The highest BCUT2D eigenvalue weighted by molar-refractivity contribution is 5.93. The van der Waals surface area contributed by atoms with Crippen LogP contribution in [-0.2, 0) is 16.0 Å². The largest absolute Gasteiger partial charge is 0.479 e. The smallest absolute Gasteiger partial charge is 0.330 e. The van der Waals surface area contributed by atoms with Crippen LogP contribution in [0.4, 0.5) is 4.39 Å². The number of aryl methyl sites for hydroxylation is 3. The molecule has 3 N–H and O–H groups in total. The van der Waals surface area contributed by atoms with Crippen molar-refractivity contribution >= 4 is 22.8 Å². The van der Waals surface area contributed by atoms with Gasteiger partial charge < -0.3 is 15.4 Å². The maximum atomic E-state index is 13.4. The number of aromatic amines is 1. The van der Waals surface area contributed by atoms with E-state index in [1.807, 2.05) is 26.8 Å². The van der Waals surface area contributed by atoms with Crippen LogP contribution in [0.15, 0.2) is 36.4 Å². The van der Waals surface area contributed by atoms with Crippen molar-refractivity contribution < 1.29 is 19.1 Å². The summed E-state index contributed by atoms with van der Waals surface area (Å²) in [6.45, 7) is 5.88. The van der Waals surface area contributed by atoms with Crippen LogP contribution >= 0.6 is 0 Å². The molecule has 1 amide bonds. The summed E-state index contributed by atoms with van der Waals surface area (Å²) in [7, 11) is 0. The number of rotatable bonds is 5. The summed E-state index contributed by atoms with van der Waals surface area (Å²) in [5.41, 5.74) is 5.04. The van der Waals surface area contributed by atoms with E-state index in [0.29, 0.717) is 0 Å². The number of fused-ring (bicyclic) bond motifs is 1. The van der Waals surface area contributed by atoms with E-state index < -0.39 is 23.7 Å². The summed E-state index contributed by atoms with van der Waals surface area (Å²) >= 11 is 0. The fourth-order valence-electron chi connectivity index (χ4n) is 3.41. The number of hydrogen-bond donors (Lipinski definition) is 3. The van der Waals surface area contributed by atoms with Gasteiger partial charge in [-0.05, 0) is 55.7 Å². The number of carboxylic acid groups (broad SMARTS) is 1. The van der Waals surface area contributed by atoms with Crippen molar-refractivity contribution in [3.63, 3.8) is 0 Å². The molecule has 0 saturated heterocycles. The molecule has 2 aromatic carbocycles. The third kappa shape index (κ3) is 3.84. The molecule has 0 aliphatic rings. The van der Waals surface area contributed by atoms with E-state index in [4.69, 9.17) is 0 Å². The van der Waals surface area contributed by atoms with E-state index in [-0.39, 0.29) is 12.0 Å². The molecule has 0 aliphatic heterocycles. The third-order valence-electron chi connectivity index (χ3n) is 4.64. The first-order valence-corrected chi connectivity index (χ1v) is 8.62. The number of halogens is 1. The third-order valence-corrected chi connectivity index (χ3v) is 4.64. The highest BCUT2D eigenvalue weighted by Gasteiger charge is 2.23. The van der Waals surface area contributed by atoms with Gasteiger partial charge in [0.25, 0.3) is 0 Å². The molecule has 1 heterocycles. The molecule has 3 rings (SSSR count). The molecule has 140 valence electrons. The first-order valence-electron chi connectivity index (χ1n) is 8.62. The van der Waals surface area contributed by atoms with Crippen molar-refractivity contribution in [2.45, 2.75) is 33.2 Å². The summed E-state index contributed by atoms with van der Waals surface area (Å²) in [4.78, 5) is 27.4. The average molecular weight is 368 g/mol. The summed E-state index contributed by atoms with van der Waals surface area (Å²) in [5, 5.41) is 12.9. The Kier molecular flexibility index (Phi) is 4.99. The molecule has 1 aromatic heterocycles. The zero-order valence-corrected chi connectivity index (χ0v) is 15.4. The number of carbonyl (C=O) groups is 2. The number of nitrogens with one attached hydrogen (secondary N) is 2. The Labute approximate surface area is 156 Å². The monoisotopic (exact) mass is 368 g/mol. The lowest BCUT2D eigenvalue weighted by Gasteiger charge is -2.15. The van der Waals surface area contributed by atoms with Gasteiger partial charge in [0.15, 0.2) is 6.04 Å². The van der Waals surface area contributed by atoms with Crippen LogP contribution in [0.1, 0.15) is 34.0 Å². The van der Waals surface area contributed by atoms with Gasteiger partial charge in [-0.3, -0.25) is 4.79 Å². The standard InChI is InChI=1S/C21H21FN2O3/c1-11-7-12(2)19-17(8-11)16(13(3)23-19)10-18(25)24-20(21(26)27)14-5-4-6-15(22)9-14/h4-9,20,23H,10H2,1-3H3,(H,24,25)(H,26,27). The number of aromatic nitrogens is 1. The molecule has 1 unspecified atom stereocenters. The van der Waals surface area contributed by atoms with Crippen molar-refractivity contribution in [2.24, 2.45) is 0 Å². The van der Waals surface area contributed by atoms with Crippen LogP contribution in [-0.4, -0.2) is 22.0 Å². The van der Waals surface area contributed by atoms with Crippen LogP contribution in [0.3, 0.4) is 0 Å². The molecule has 0 saturated carbocycles. The summed E-state index contributed by atoms with van der Waals surface area (Å²) < 4.78 is 13.4. The second-order valence-corrected chi connectivity index (χ2v) is 6.80. The fourth-order valence-corrected chi connectivity index (χ4v) is 3.41. The number of carbonyl (C=O) groups excluding carboxylic acids is 1. The fraction of sp³-hybridized carbons (Fsp3) is 0.238. The van der Waals surface area contributed by atoms with Crippen molar-refractivity contribution in [2.75, 3.05) is 0 Å². The van der Waals surface area contributed by atoms with Gasteiger partial charge >= 0.3 is 5.97 Å². The molecule has 6 heteroatoms. The minimum Gasteiger partial charge on any atom is -0.479 e. The van der Waals surface area contributed by atoms with Crippen LogP contribution in [0.2, 0.25) is 0 Å². The van der Waals surface area contributed by atoms with E-state index in [2.05, 4.69) is 16.4 Å². The lowest BCUT2D eigenvalue weighted by atomic mass is 10.0. The van der Waals surface area contributed by atoms with E-state index >= 15 is 0 Å². The second kappa shape index (κ2) is 7.23. The van der Waals surface area contributed by atoms with Crippen LogP contribution in [0.25, 0.3) is 10.9 Å². The van der Waals surface area contributed by atoms with Gasteiger partial charge in [0, 0.05) is 16.6 Å². The highest BCUT2D eigenvalue weighted by Crippen LogP contribution is 2.27. The SMILES string of the molecule is Cc1cc(C)c2[nH]c(C)c(CC(=O)NC(C(=O)O)c3cccc(F)c3)c2c1. The molecule has 0 spiro atoms. The molecule has 0 radical (unpaired) electrons. The zero-order valence-electron chi connectivity index (χ0n) is 15.4. The van der Waals surface area contributed by atoms with Gasteiger partial charge in [0.2, 0.25) is 5.91 Å².